The van der Waals surface area contributed by atoms with Crippen LogP contribution in [0.15, 0.2) is 76.4 Å². The molecule has 3 aliphatic rings. The van der Waals surface area contributed by atoms with Crippen LogP contribution >= 0.6 is 16.1 Å². The summed E-state index contributed by atoms with van der Waals surface area (Å²) >= 11 is 0. The molecule has 1 N–H and O–H groups in total. The van der Waals surface area contributed by atoms with Gasteiger partial charge in [-0.2, -0.15) is 0 Å². The average Bonchev–Trinajstić information content (AvgIpc) is 3.81. The average molecular weight is 730 g/mol. The van der Waals surface area contributed by atoms with Crippen LogP contribution in [0.3, 0.4) is 0 Å². The van der Waals surface area contributed by atoms with E-state index in [2.05, 4.69) is 76.9 Å². The van der Waals surface area contributed by atoms with Crippen molar-refractivity contribution in [2.75, 3.05) is 25.9 Å². The van der Waals surface area contributed by atoms with Crippen LogP contribution in [0.5, 0.6) is 0 Å². The van der Waals surface area contributed by atoms with Crippen molar-refractivity contribution in [2.24, 2.45) is 5.92 Å². The normalized spacial score (nSPS) is 26.6. The van der Waals surface area contributed by atoms with E-state index in [1.165, 1.54) is 21.1 Å². The smallest absolute Gasteiger partial charge is 0.331 e. The summed E-state index contributed by atoms with van der Waals surface area (Å²) in [6.07, 6.45) is 2.47. The molecule has 0 saturated carbocycles. The van der Waals surface area contributed by atoms with Crippen molar-refractivity contribution >= 4 is 34.6 Å². The molecule has 0 bridgehead atoms. The molecule has 1 aromatic heterocycles. The van der Waals surface area contributed by atoms with Gasteiger partial charge >= 0.3 is 13.3 Å². The number of nitrogens with one attached hydrogen (secondary N) is 1. The Kier molecular flexibility index (Phi) is 11.6. The number of fused-ring (bicyclic) bond motifs is 1. The summed E-state index contributed by atoms with van der Waals surface area (Å²) in [7, 11) is -7.03. The number of ether oxygens (including phenoxy) is 1. The van der Waals surface area contributed by atoms with E-state index in [1.54, 1.807) is 20.8 Å². The van der Waals surface area contributed by atoms with Crippen LogP contribution in [0, 0.1) is 12.8 Å². The molecule has 49 heavy (non-hydrogen) atoms. The maximum Gasteiger partial charge on any atom is 0.331 e. The molecule has 0 spiro atoms. The molecule has 3 saturated heterocycles. The number of hydrogen-bond acceptors (Lipinski definition) is 9. The zero-order valence-corrected chi connectivity index (χ0v) is 31.8. The molecule has 0 amide bonds. The van der Waals surface area contributed by atoms with E-state index in [0.29, 0.717) is 12.0 Å². The lowest BCUT2D eigenvalue weighted by Crippen LogP contribution is -2.58. The van der Waals surface area contributed by atoms with E-state index in [4.69, 9.17) is 22.8 Å². The lowest BCUT2D eigenvalue weighted by atomic mass is 10.0. The number of hydrogen-bond donors (Lipinski definition) is 1. The first-order chi connectivity index (χ1) is 23.5. The Morgan fingerprint density at radius 1 is 1.04 bits per heavy atom. The number of rotatable bonds is 14. The third-order valence-corrected chi connectivity index (χ3v) is 18.7. The molecule has 0 radical (unpaired) electrons. The van der Waals surface area contributed by atoms with Crippen LogP contribution in [-0.2, 0) is 27.4 Å². The van der Waals surface area contributed by atoms with E-state index in [1.807, 2.05) is 6.92 Å². The topological polar surface area (TPSA) is 121 Å². The van der Waals surface area contributed by atoms with Crippen molar-refractivity contribution in [3.63, 3.8) is 0 Å². The predicted molar refractivity (Wildman–Crippen MR) is 194 cm³/mol. The monoisotopic (exact) mass is 729 g/mol. The number of benzene rings is 2. The first-order valence-electron chi connectivity index (χ1n) is 17.4. The first kappa shape index (κ1) is 36.5. The summed E-state index contributed by atoms with van der Waals surface area (Å²) < 4.78 is 49.2. The highest BCUT2D eigenvalue weighted by atomic mass is 31.2. The highest BCUT2D eigenvalue weighted by Crippen LogP contribution is 2.59. The van der Waals surface area contributed by atoms with E-state index < -0.39 is 53.9 Å². The van der Waals surface area contributed by atoms with Gasteiger partial charge in [-0.15, -0.1) is 0 Å². The largest absolute Gasteiger partial charge is 0.352 e. The van der Waals surface area contributed by atoms with E-state index in [-0.39, 0.29) is 37.4 Å². The minimum atomic E-state index is -3.40. The fourth-order valence-electron chi connectivity index (χ4n) is 7.63. The summed E-state index contributed by atoms with van der Waals surface area (Å²) in [5.41, 5.74) is -0.568. The third kappa shape index (κ3) is 7.83. The molecule has 14 heteroatoms. The number of aryl methyl sites for hydroxylation is 1. The lowest BCUT2D eigenvalue weighted by Gasteiger charge is -2.32. The van der Waals surface area contributed by atoms with Crippen LogP contribution in [0.2, 0.25) is 12.6 Å². The molecule has 7 atom stereocenters. The molecule has 3 aliphatic heterocycles. The van der Waals surface area contributed by atoms with Crippen molar-refractivity contribution in [2.45, 2.75) is 90.1 Å². The van der Waals surface area contributed by atoms with Crippen LogP contribution in [0.25, 0.3) is 0 Å². The fraction of sp³-hybridized carbons (Fsp3) is 0.543. The van der Waals surface area contributed by atoms with Gasteiger partial charge in [0.15, 0.2) is 0 Å². The number of aromatic nitrogens is 2. The van der Waals surface area contributed by atoms with Gasteiger partial charge in [-0.3, -0.25) is 18.9 Å². The van der Waals surface area contributed by atoms with Crippen molar-refractivity contribution in [1.82, 2.24) is 14.2 Å². The first-order valence-corrected chi connectivity index (χ1v) is 23.0. The molecule has 11 nitrogen and oxygen atoms in total. The van der Waals surface area contributed by atoms with Gasteiger partial charge in [0.05, 0.1) is 37.7 Å². The van der Waals surface area contributed by atoms with Crippen LogP contribution in [0.4, 0.5) is 0 Å². The van der Waals surface area contributed by atoms with Gasteiger partial charge < -0.3 is 22.8 Å². The summed E-state index contributed by atoms with van der Waals surface area (Å²) in [5, 5.41) is 2.75. The van der Waals surface area contributed by atoms with Crippen molar-refractivity contribution in [3.8, 4) is 0 Å². The summed E-state index contributed by atoms with van der Waals surface area (Å²) in [4.78, 5) is 27.5. The number of H-pyrrole nitrogens is 1. The summed E-state index contributed by atoms with van der Waals surface area (Å²) in [5.74, 6) is -0.298. The van der Waals surface area contributed by atoms with E-state index in [9.17, 15) is 14.2 Å². The second kappa shape index (κ2) is 15.6. The van der Waals surface area contributed by atoms with Crippen molar-refractivity contribution in [1.29, 1.82) is 0 Å². The zero-order valence-electron chi connectivity index (χ0n) is 29.0. The van der Waals surface area contributed by atoms with Gasteiger partial charge in [0.25, 0.3) is 14.1 Å². The van der Waals surface area contributed by atoms with E-state index >= 15 is 0 Å². The van der Waals surface area contributed by atoms with Gasteiger partial charge in [-0.1, -0.05) is 84.5 Å². The molecule has 266 valence electrons. The van der Waals surface area contributed by atoms with Crippen LogP contribution < -0.4 is 21.6 Å². The molecule has 4 heterocycles. The molecule has 6 rings (SSSR count). The maximum absolute atomic E-state index is 13.6. The molecule has 3 aromatic rings. The molecule has 3 fully saturated rings. The predicted octanol–water partition coefficient (Wildman–Crippen LogP) is 5.40. The van der Waals surface area contributed by atoms with Gasteiger partial charge in [0.1, 0.15) is 14.3 Å². The Morgan fingerprint density at radius 2 is 1.67 bits per heavy atom. The molecule has 1 unspecified atom stereocenters. The number of aromatic amines is 1. The van der Waals surface area contributed by atoms with E-state index in [0.717, 1.165) is 25.4 Å². The third-order valence-electron chi connectivity index (χ3n) is 10.1. The zero-order chi connectivity index (χ0) is 34.8. The van der Waals surface area contributed by atoms with Crippen molar-refractivity contribution in [3.05, 3.63) is 93.3 Å². The van der Waals surface area contributed by atoms with Gasteiger partial charge in [-0.25, -0.2) is 9.46 Å². The van der Waals surface area contributed by atoms with Crippen LogP contribution in [-0.4, -0.2) is 72.6 Å². The number of nitrogens with zero attached hydrogens (tertiary/aromatic N) is 2. The summed E-state index contributed by atoms with van der Waals surface area (Å²) in [6, 6.07) is 22.8. The Hall–Kier alpha value is -2.24. The molecular formula is C35H49N3O8P2Si. The SMILES string of the molecule is CCOP(=O)(C[C@H](C)[C@H]1O[C@@H](n2cc(C)c(=O)[nH]c2=O)CC1O[P@@]1O[C@H](C[Si](C)(c2ccccc2)c2ccccc2)[C@@H]2CCCN21)OCC. The molecule has 0 aliphatic carbocycles. The minimum absolute atomic E-state index is 0.000255. The standard InChI is InChI=1S/C35H49N3O8P2Si/c1-6-42-48(41,43-7-2)23-26(4)33-30(21-32(44-33)37-22-25(3)34(39)36-35(37)40)45-47-38-20-14-19-29(38)31(46-47)24-49(5,27-15-10-8-11-16-27)28-17-12-9-13-18-28/h8-13,15-18,22,26,29-33H,6-7,14,19-21,23-24H2,1-5H3,(H,36,39,40)/t26-,29-,30?,31+,32+,33+,47-/m0/s1. The quantitative estimate of drug-likeness (QED) is 0.172. The summed E-state index contributed by atoms with van der Waals surface area (Å²) in [6.45, 7) is 11.0. The Labute approximate surface area is 290 Å². The lowest BCUT2D eigenvalue weighted by molar-refractivity contribution is -0.0403. The second-order valence-electron chi connectivity index (χ2n) is 13.5. The van der Waals surface area contributed by atoms with Crippen molar-refractivity contribution < 1.29 is 27.4 Å². The fourth-order valence-corrected chi connectivity index (χ4v) is 15.6. The highest BCUT2D eigenvalue weighted by Gasteiger charge is 2.52. The Morgan fingerprint density at radius 3 is 2.29 bits per heavy atom. The Balaban J connectivity index is 1.27. The van der Waals surface area contributed by atoms with Gasteiger partial charge in [0, 0.05) is 30.8 Å². The minimum Gasteiger partial charge on any atom is -0.352 e. The van der Waals surface area contributed by atoms with Gasteiger partial charge in [-0.05, 0) is 45.6 Å². The van der Waals surface area contributed by atoms with Crippen LogP contribution in [0.1, 0.15) is 51.8 Å². The molecular weight excluding hydrogens is 680 g/mol. The van der Waals surface area contributed by atoms with Gasteiger partial charge in [0.2, 0.25) is 0 Å². The highest BCUT2D eigenvalue weighted by molar-refractivity contribution is 7.53. The maximum atomic E-state index is 13.6. The molecule has 2 aromatic carbocycles. The second-order valence-corrected chi connectivity index (χ2v) is 21.3. The Bertz CT molecular complexity index is 1680.